The maximum Gasteiger partial charge on any atom is 0.160 e. The Morgan fingerprint density at radius 1 is 0.230 bits per heavy atom. The van der Waals surface area contributed by atoms with E-state index in [0.29, 0.717) is 5.82 Å². The highest BCUT2D eigenvalue weighted by atomic mass is 14.9. The van der Waals surface area contributed by atoms with E-state index < -0.39 is 5.41 Å². The SMILES string of the molecule is c1ccc(-c2cccc(-c3cc(-c4ccc5c(c4)-c4ccccc4C54c5ccccc5-c5ccccc5-c5ccccc54)nc(-c4cccc(-c5ccccc5)c4)n3)c2)cc1. The van der Waals surface area contributed by atoms with Crippen LogP contribution in [0.4, 0.5) is 0 Å². The van der Waals surface area contributed by atoms with Gasteiger partial charge in [-0.05, 0) is 102 Å². The van der Waals surface area contributed by atoms with E-state index in [0.717, 1.165) is 44.8 Å². The maximum atomic E-state index is 5.40. The monoisotopic (exact) mass is 774 g/mol. The summed E-state index contributed by atoms with van der Waals surface area (Å²) in [4.78, 5) is 10.7. The van der Waals surface area contributed by atoms with Crippen LogP contribution in [0.1, 0.15) is 22.3 Å². The average Bonchev–Trinajstić information content (AvgIpc) is 3.58. The smallest absolute Gasteiger partial charge is 0.160 e. The summed E-state index contributed by atoms with van der Waals surface area (Å²) >= 11 is 0. The summed E-state index contributed by atoms with van der Waals surface area (Å²) < 4.78 is 0. The van der Waals surface area contributed by atoms with E-state index in [2.05, 4.69) is 231 Å². The van der Waals surface area contributed by atoms with Gasteiger partial charge in [-0.3, -0.25) is 0 Å². The zero-order valence-corrected chi connectivity index (χ0v) is 33.3. The molecule has 0 radical (unpaired) electrons. The minimum Gasteiger partial charge on any atom is -0.228 e. The van der Waals surface area contributed by atoms with Gasteiger partial charge < -0.3 is 0 Å². The topological polar surface area (TPSA) is 25.8 Å². The highest BCUT2D eigenvalue weighted by Crippen LogP contribution is 2.61. The van der Waals surface area contributed by atoms with Gasteiger partial charge in [0.2, 0.25) is 0 Å². The molecule has 2 heteroatoms. The fourth-order valence-corrected chi connectivity index (χ4v) is 10.0. The first kappa shape index (κ1) is 35.0. The first-order valence-electron chi connectivity index (χ1n) is 21.0. The molecule has 0 fully saturated rings. The van der Waals surface area contributed by atoms with E-state index in [1.54, 1.807) is 0 Å². The van der Waals surface area contributed by atoms with E-state index in [1.165, 1.54) is 61.2 Å². The molecule has 9 aromatic carbocycles. The molecule has 2 aliphatic carbocycles. The number of benzene rings is 9. The average molecular weight is 775 g/mol. The molecule has 2 nitrogen and oxygen atoms in total. The van der Waals surface area contributed by atoms with Crippen molar-refractivity contribution < 1.29 is 0 Å². The highest BCUT2D eigenvalue weighted by Gasteiger charge is 2.49. The van der Waals surface area contributed by atoms with Crippen molar-refractivity contribution in [1.82, 2.24) is 9.97 Å². The van der Waals surface area contributed by atoms with Gasteiger partial charge in [-0.1, -0.05) is 206 Å². The number of aromatic nitrogens is 2. The molecule has 2 aliphatic rings. The molecule has 1 spiro atoms. The van der Waals surface area contributed by atoms with Crippen molar-refractivity contribution in [2.45, 2.75) is 5.41 Å². The van der Waals surface area contributed by atoms with Crippen LogP contribution < -0.4 is 0 Å². The van der Waals surface area contributed by atoms with Crippen molar-refractivity contribution in [2.24, 2.45) is 0 Å². The van der Waals surface area contributed by atoms with Crippen LogP contribution in [0.25, 0.3) is 89.5 Å². The van der Waals surface area contributed by atoms with Crippen LogP contribution in [0.15, 0.2) is 231 Å². The molecule has 1 aromatic heterocycles. The summed E-state index contributed by atoms with van der Waals surface area (Å²) in [6, 6.07) is 83.6. The zero-order chi connectivity index (χ0) is 40.3. The van der Waals surface area contributed by atoms with Crippen LogP contribution >= 0.6 is 0 Å². The molecule has 0 atom stereocenters. The zero-order valence-electron chi connectivity index (χ0n) is 33.3. The lowest BCUT2D eigenvalue weighted by Gasteiger charge is -2.35. The molecule has 0 amide bonds. The Morgan fingerprint density at radius 2 is 0.607 bits per heavy atom. The molecule has 284 valence electrons. The van der Waals surface area contributed by atoms with E-state index in [-0.39, 0.29) is 0 Å². The quantitative estimate of drug-likeness (QED) is 0.174. The molecule has 0 saturated carbocycles. The van der Waals surface area contributed by atoms with Crippen LogP contribution in [-0.2, 0) is 5.41 Å². The third-order valence-corrected chi connectivity index (χ3v) is 12.7. The van der Waals surface area contributed by atoms with Crippen molar-refractivity contribution in [2.75, 3.05) is 0 Å². The molecule has 61 heavy (non-hydrogen) atoms. The van der Waals surface area contributed by atoms with Crippen LogP contribution in [0.2, 0.25) is 0 Å². The molecule has 0 aliphatic heterocycles. The molecule has 12 rings (SSSR count). The van der Waals surface area contributed by atoms with Gasteiger partial charge in [0.15, 0.2) is 5.82 Å². The lowest BCUT2D eigenvalue weighted by Crippen LogP contribution is -2.29. The molecule has 0 bridgehead atoms. The van der Waals surface area contributed by atoms with Gasteiger partial charge in [-0.15, -0.1) is 0 Å². The molecular weight excluding hydrogens is 737 g/mol. The molecule has 1 heterocycles. The molecule has 0 unspecified atom stereocenters. The number of nitrogens with zero attached hydrogens (tertiary/aromatic N) is 2. The first-order chi connectivity index (χ1) is 30.2. The summed E-state index contributed by atoms with van der Waals surface area (Å²) in [6.07, 6.45) is 0. The second kappa shape index (κ2) is 14.1. The Labute approximate surface area is 356 Å². The summed E-state index contributed by atoms with van der Waals surface area (Å²) in [5.41, 5.74) is 21.6. The maximum absolute atomic E-state index is 5.40. The van der Waals surface area contributed by atoms with E-state index >= 15 is 0 Å². The van der Waals surface area contributed by atoms with Gasteiger partial charge in [-0.25, -0.2) is 9.97 Å². The minimum absolute atomic E-state index is 0.533. The van der Waals surface area contributed by atoms with Crippen molar-refractivity contribution in [3.05, 3.63) is 253 Å². The highest BCUT2D eigenvalue weighted by molar-refractivity contribution is 5.98. The Hall–Kier alpha value is -7.94. The third kappa shape index (κ3) is 5.57. The van der Waals surface area contributed by atoms with Gasteiger partial charge in [0.25, 0.3) is 0 Å². The summed E-state index contributed by atoms with van der Waals surface area (Å²) in [5, 5.41) is 0. The normalized spacial score (nSPS) is 12.7. The Kier molecular flexibility index (Phi) is 8.11. The van der Waals surface area contributed by atoms with Gasteiger partial charge >= 0.3 is 0 Å². The lowest BCUT2D eigenvalue weighted by molar-refractivity contribution is 0.775. The predicted octanol–water partition coefficient (Wildman–Crippen LogP) is 14.8. The van der Waals surface area contributed by atoms with E-state index in [9.17, 15) is 0 Å². The second-order valence-electron chi connectivity index (χ2n) is 16.0. The lowest BCUT2D eigenvalue weighted by atomic mass is 9.66. The van der Waals surface area contributed by atoms with Crippen molar-refractivity contribution >= 4 is 0 Å². The number of fused-ring (bicyclic) bond motifs is 12. The van der Waals surface area contributed by atoms with Gasteiger partial charge in [0, 0.05) is 16.7 Å². The number of hydrogen-bond donors (Lipinski definition) is 0. The van der Waals surface area contributed by atoms with Gasteiger partial charge in [0.1, 0.15) is 0 Å². The van der Waals surface area contributed by atoms with Crippen molar-refractivity contribution in [3.8, 4) is 89.5 Å². The fraction of sp³-hybridized carbons (Fsp3) is 0.0169. The second-order valence-corrected chi connectivity index (χ2v) is 16.0. The van der Waals surface area contributed by atoms with Gasteiger partial charge in [-0.2, -0.15) is 0 Å². The number of hydrogen-bond acceptors (Lipinski definition) is 2. The van der Waals surface area contributed by atoms with Crippen molar-refractivity contribution in [1.29, 1.82) is 0 Å². The summed E-state index contributed by atoms with van der Waals surface area (Å²) in [5.74, 6) is 0.692. The van der Waals surface area contributed by atoms with Crippen LogP contribution in [0, 0.1) is 0 Å². The predicted molar refractivity (Wildman–Crippen MR) is 251 cm³/mol. The van der Waals surface area contributed by atoms with Crippen molar-refractivity contribution in [3.63, 3.8) is 0 Å². The summed E-state index contributed by atoms with van der Waals surface area (Å²) in [7, 11) is 0. The van der Waals surface area contributed by atoms with Crippen LogP contribution in [0.5, 0.6) is 0 Å². The standard InChI is InChI=1S/C59H38N2/c1-3-17-39(18-4-1)41-21-15-23-43(35-41)56-38-57(61-58(60-56)45-24-16-22-42(36-45)40-19-5-2-6-20-40)44-33-34-55-51(37-44)50-29-11-14-32-54(50)59(55)52-30-12-9-27-48(52)46-25-7-8-26-47(46)49-28-10-13-31-53(49)59/h1-38H. The van der Waals surface area contributed by atoms with E-state index in [1.807, 2.05) is 0 Å². The Morgan fingerprint density at radius 3 is 1.15 bits per heavy atom. The Balaban J connectivity index is 1.08. The fourth-order valence-electron chi connectivity index (χ4n) is 10.0. The minimum atomic E-state index is -0.533. The Bertz CT molecular complexity index is 3140. The largest absolute Gasteiger partial charge is 0.228 e. The number of rotatable bonds is 5. The van der Waals surface area contributed by atoms with Gasteiger partial charge in [0.05, 0.1) is 16.8 Å². The third-order valence-electron chi connectivity index (χ3n) is 12.7. The summed E-state index contributed by atoms with van der Waals surface area (Å²) in [6.45, 7) is 0. The van der Waals surface area contributed by atoms with Crippen LogP contribution in [0.3, 0.4) is 0 Å². The van der Waals surface area contributed by atoms with Crippen LogP contribution in [-0.4, -0.2) is 9.97 Å². The molecular formula is C59H38N2. The molecule has 0 saturated heterocycles. The van der Waals surface area contributed by atoms with E-state index in [4.69, 9.17) is 9.97 Å². The molecule has 10 aromatic rings. The molecule has 0 N–H and O–H groups in total. The first-order valence-corrected chi connectivity index (χ1v) is 21.0.